The lowest BCUT2D eigenvalue weighted by atomic mass is 10.2. The second-order valence-corrected chi connectivity index (χ2v) is 5.50. The van der Waals surface area contributed by atoms with Gasteiger partial charge in [0, 0.05) is 45.6 Å². The van der Waals surface area contributed by atoms with Crippen molar-refractivity contribution in [2.24, 2.45) is 7.05 Å². The Balaban J connectivity index is 1.67. The molecule has 0 N–H and O–H groups in total. The summed E-state index contributed by atoms with van der Waals surface area (Å²) in [7, 11) is 1.83. The van der Waals surface area contributed by atoms with Gasteiger partial charge >= 0.3 is 0 Å². The predicted molar refractivity (Wildman–Crippen MR) is 82.8 cm³/mol. The number of halogens is 1. The molecule has 0 saturated carbocycles. The largest absolute Gasteiger partial charge is 0.367 e. The summed E-state index contributed by atoms with van der Waals surface area (Å²) in [6, 6.07) is 7.81. The molecule has 1 fully saturated rings. The van der Waals surface area contributed by atoms with E-state index in [4.69, 9.17) is 11.6 Å². The molecule has 21 heavy (non-hydrogen) atoms. The summed E-state index contributed by atoms with van der Waals surface area (Å²) in [5, 5.41) is 0.751. The molecule has 1 aromatic heterocycles. The average Bonchev–Trinajstić information content (AvgIpc) is 2.93. The number of imidazole rings is 1. The molecule has 0 bridgehead atoms. The zero-order valence-corrected chi connectivity index (χ0v) is 12.6. The molecule has 1 aliphatic rings. The van der Waals surface area contributed by atoms with Crippen molar-refractivity contribution in [3.8, 4) is 0 Å². The molecule has 1 saturated heterocycles. The van der Waals surface area contributed by atoms with Crippen LogP contribution in [0.15, 0.2) is 36.7 Å². The highest BCUT2D eigenvalue weighted by molar-refractivity contribution is 6.33. The van der Waals surface area contributed by atoms with E-state index in [0.717, 1.165) is 23.8 Å². The number of hydrogen-bond acceptors (Lipinski definition) is 3. The molecule has 0 aliphatic carbocycles. The fraction of sp³-hybridized carbons (Fsp3) is 0.333. The summed E-state index contributed by atoms with van der Waals surface area (Å²) in [5.41, 5.74) is 1.03. The number of hydrogen-bond donors (Lipinski definition) is 0. The Morgan fingerprint density at radius 1 is 1.19 bits per heavy atom. The number of benzene rings is 1. The maximum Gasteiger partial charge on any atom is 0.289 e. The molecule has 2 heterocycles. The maximum atomic E-state index is 12.4. The van der Waals surface area contributed by atoms with Crippen LogP contribution in [-0.2, 0) is 7.05 Å². The molecule has 3 rings (SSSR count). The number of rotatable bonds is 2. The first-order chi connectivity index (χ1) is 10.2. The number of aryl methyl sites for hydroxylation is 1. The minimum atomic E-state index is -0.0127. The average molecular weight is 305 g/mol. The molecular weight excluding hydrogens is 288 g/mol. The summed E-state index contributed by atoms with van der Waals surface area (Å²) >= 11 is 6.22. The number of carbonyl (C=O) groups is 1. The lowest BCUT2D eigenvalue weighted by molar-refractivity contribution is 0.0731. The Kier molecular flexibility index (Phi) is 3.84. The number of para-hydroxylation sites is 1. The lowest BCUT2D eigenvalue weighted by Crippen LogP contribution is -2.49. The van der Waals surface area contributed by atoms with Crippen LogP contribution < -0.4 is 4.90 Å². The number of amides is 1. The van der Waals surface area contributed by atoms with Gasteiger partial charge in [-0.15, -0.1) is 0 Å². The van der Waals surface area contributed by atoms with E-state index in [1.165, 1.54) is 0 Å². The van der Waals surface area contributed by atoms with Gasteiger partial charge in [0.15, 0.2) is 5.82 Å². The number of aromatic nitrogens is 2. The van der Waals surface area contributed by atoms with E-state index >= 15 is 0 Å². The summed E-state index contributed by atoms with van der Waals surface area (Å²) in [6.07, 6.45) is 3.43. The highest BCUT2D eigenvalue weighted by Gasteiger charge is 2.25. The van der Waals surface area contributed by atoms with Crippen molar-refractivity contribution >= 4 is 23.2 Å². The van der Waals surface area contributed by atoms with Gasteiger partial charge in [0.25, 0.3) is 5.91 Å². The van der Waals surface area contributed by atoms with Crippen LogP contribution in [0.1, 0.15) is 10.6 Å². The molecule has 0 radical (unpaired) electrons. The van der Waals surface area contributed by atoms with Crippen molar-refractivity contribution in [3.63, 3.8) is 0 Å². The van der Waals surface area contributed by atoms with Crippen molar-refractivity contribution in [1.82, 2.24) is 14.5 Å². The molecule has 0 spiro atoms. The van der Waals surface area contributed by atoms with Crippen LogP contribution >= 0.6 is 11.6 Å². The van der Waals surface area contributed by atoms with Crippen LogP contribution in [0.25, 0.3) is 0 Å². The molecule has 0 atom stereocenters. The van der Waals surface area contributed by atoms with Crippen LogP contribution in [0.4, 0.5) is 5.69 Å². The Morgan fingerprint density at radius 3 is 2.52 bits per heavy atom. The molecule has 5 nitrogen and oxygen atoms in total. The fourth-order valence-electron chi connectivity index (χ4n) is 2.57. The van der Waals surface area contributed by atoms with Gasteiger partial charge in [-0.1, -0.05) is 23.7 Å². The van der Waals surface area contributed by atoms with Gasteiger partial charge < -0.3 is 14.4 Å². The standard InChI is InChI=1S/C15H17ClN4O/c1-18-7-6-17-14(18)15(21)20-10-8-19(9-11-20)13-5-3-2-4-12(13)16/h2-7H,8-11H2,1H3. The van der Waals surface area contributed by atoms with Gasteiger partial charge in [0.2, 0.25) is 0 Å². The van der Waals surface area contributed by atoms with Crippen molar-refractivity contribution in [2.45, 2.75) is 0 Å². The zero-order chi connectivity index (χ0) is 14.8. The van der Waals surface area contributed by atoms with Crippen LogP contribution in [-0.4, -0.2) is 46.5 Å². The van der Waals surface area contributed by atoms with E-state index in [9.17, 15) is 4.79 Å². The maximum absolute atomic E-state index is 12.4. The lowest BCUT2D eigenvalue weighted by Gasteiger charge is -2.36. The Bertz CT molecular complexity index is 647. The predicted octanol–water partition coefficient (Wildman–Crippen LogP) is 2.04. The van der Waals surface area contributed by atoms with Crippen LogP contribution in [0.5, 0.6) is 0 Å². The van der Waals surface area contributed by atoms with Crippen molar-refractivity contribution in [1.29, 1.82) is 0 Å². The van der Waals surface area contributed by atoms with E-state index in [-0.39, 0.29) is 5.91 Å². The number of carbonyl (C=O) groups excluding carboxylic acids is 1. The van der Waals surface area contributed by atoms with E-state index in [1.54, 1.807) is 17.0 Å². The third-order valence-corrected chi connectivity index (χ3v) is 4.09. The van der Waals surface area contributed by atoms with Crippen molar-refractivity contribution in [3.05, 3.63) is 47.5 Å². The highest BCUT2D eigenvalue weighted by Crippen LogP contribution is 2.26. The summed E-state index contributed by atoms with van der Waals surface area (Å²) in [4.78, 5) is 20.6. The molecule has 1 aromatic carbocycles. The number of nitrogens with zero attached hydrogens (tertiary/aromatic N) is 4. The molecule has 0 unspecified atom stereocenters. The Morgan fingerprint density at radius 2 is 1.90 bits per heavy atom. The third kappa shape index (κ3) is 2.74. The SMILES string of the molecule is Cn1ccnc1C(=O)N1CCN(c2ccccc2Cl)CC1. The molecule has 2 aromatic rings. The van der Waals surface area contributed by atoms with Crippen molar-refractivity contribution < 1.29 is 4.79 Å². The Labute approximate surface area is 128 Å². The van der Waals surface area contributed by atoms with E-state index in [2.05, 4.69) is 9.88 Å². The van der Waals surface area contributed by atoms with E-state index in [0.29, 0.717) is 18.9 Å². The topological polar surface area (TPSA) is 41.4 Å². The van der Waals surface area contributed by atoms with Gasteiger partial charge in [-0.25, -0.2) is 4.98 Å². The smallest absolute Gasteiger partial charge is 0.289 e. The van der Waals surface area contributed by atoms with Gasteiger partial charge in [0.1, 0.15) is 0 Å². The van der Waals surface area contributed by atoms with Gasteiger partial charge in [-0.2, -0.15) is 0 Å². The first kappa shape index (κ1) is 13.9. The molecular formula is C15H17ClN4O. The fourth-order valence-corrected chi connectivity index (χ4v) is 2.83. The molecule has 6 heteroatoms. The van der Waals surface area contributed by atoms with E-state index in [1.807, 2.05) is 36.2 Å². The van der Waals surface area contributed by atoms with E-state index < -0.39 is 0 Å². The van der Waals surface area contributed by atoms with Crippen LogP contribution in [0, 0.1) is 0 Å². The zero-order valence-electron chi connectivity index (χ0n) is 11.9. The summed E-state index contributed by atoms with van der Waals surface area (Å²) in [6.45, 7) is 2.91. The van der Waals surface area contributed by atoms with Crippen LogP contribution in [0.2, 0.25) is 5.02 Å². The minimum absolute atomic E-state index is 0.0127. The first-order valence-electron chi connectivity index (χ1n) is 6.93. The second kappa shape index (κ2) is 5.77. The van der Waals surface area contributed by atoms with Gasteiger partial charge in [-0.05, 0) is 12.1 Å². The second-order valence-electron chi connectivity index (χ2n) is 5.09. The van der Waals surface area contributed by atoms with Crippen molar-refractivity contribution in [2.75, 3.05) is 31.1 Å². The molecule has 110 valence electrons. The molecule has 1 amide bonds. The summed E-state index contributed by atoms with van der Waals surface area (Å²) < 4.78 is 1.75. The summed E-state index contributed by atoms with van der Waals surface area (Å²) in [5.74, 6) is 0.475. The van der Waals surface area contributed by atoms with Crippen LogP contribution in [0.3, 0.4) is 0 Å². The monoisotopic (exact) mass is 304 g/mol. The minimum Gasteiger partial charge on any atom is -0.367 e. The number of anilines is 1. The Hall–Kier alpha value is -2.01. The van der Waals surface area contributed by atoms with Gasteiger partial charge in [-0.3, -0.25) is 4.79 Å². The van der Waals surface area contributed by atoms with Gasteiger partial charge in [0.05, 0.1) is 10.7 Å². The first-order valence-corrected chi connectivity index (χ1v) is 7.30. The third-order valence-electron chi connectivity index (χ3n) is 3.77. The molecule has 1 aliphatic heterocycles. The number of piperazine rings is 1. The highest BCUT2D eigenvalue weighted by atomic mass is 35.5. The quantitative estimate of drug-likeness (QED) is 0.852. The normalized spacial score (nSPS) is 15.3.